The summed E-state index contributed by atoms with van der Waals surface area (Å²) in [6.45, 7) is 3.79. The van der Waals surface area contributed by atoms with E-state index in [1.54, 1.807) is 18.1 Å². The summed E-state index contributed by atoms with van der Waals surface area (Å²) in [5.74, 6) is -0.0678. The molecule has 1 aromatic rings. The summed E-state index contributed by atoms with van der Waals surface area (Å²) in [6.07, 6.45) is 1.63. The monoisotopic (exact) mass is 239 g/mol. The Kier molecular flexibility index (Phi) is 3.70. The molecular weight excluding hydrogens is 222 g/mol. The molecule has 0 atom stereocenters. The lowest BCUT2D eigenvalue weighted by Gasteiger charge is -2.33. The summed E-state index contributed by atoms with van der Waals surface area (Å²) in [5, 5.41) is 16.4. The van der Waals surface area contributed by atoms with Crippen molar-refractivity contribution in [1.29, 1.82) is 0 Å². The molecule has 1 aliphatic heterocycles. The lowest BCUT2D eigenvalue weighted by atomic mass is 10.3. The molecule has 0 unspecified atom stereocenters. The normalized spacial score (nSPS) is 17.4. The first-order valence-electron chi connectivity index (χ1n) is 5.69. The third kappa shape index (κ3) is 2.80. The molecule has 0 spiro atoms. The highest BCUT2D eigenvalue weighted by atomic mass is 16.3. The van der Waals surface area contributed by atoms with E-state index in [2.05, 4.69) is 15.2 Å². The van der Waals surface area contributed by atoms with Crippen LogP contribution in [0.4, 0.5) is 0 Å². The van der Waals surface area contributed by atoms with Crippen LogP contribution in [-0.2, 0) is 7.05 Å². The second-order valence-electron chi connectivity index (χ2n) is 4.13. The SMILES string of the molecule is Cn1cc(C(=O)N2CCN(CCO)CC2)nn1. The number of nitrogens with zero attached hydrogens (tertiary/aromatic N) is 5. The number of carbonyl (C=O) groups excluding carboxylic acids is 1. The summed E-state index contributed by atoms with van der Waals surface area (Å²) in [4.78, 5) is 15.9. The van der Waals surface area contributed by atoms with E-state index in [0.29, 0.717) is 25.3 Å². The predicted octanol–water partition coefficient (Wildman–Crippen LogP) is -1.43. The molecule has 0 radical (unpaired) electrons. The Labute approximate surface area is 99.6 Å². The van der Waals surface area contributed by atoms with Crippen molar-refractivity contribution in [2.75, 3.05) is 39.3 Å². The average molecular weight is 239 g/mol. The molecular formula is C10H17N5O2. The lowest BCUT2D eigenvalue weighted by molar-refractivity contribution is 0.0609. The van der Waals surface area contributed by atoms with Crippen molar-refractivity contribution in [2.24, 2.45) is 7.05 Å². The molecule has 0 bridgehead atoms. The van der Waals surface area contributed by atoms with Crippen LogP contribution >= 0.6 is 0 Å². The van der Waals surface area contributed by atoms with Crippen LogP contribution in [0, 0.1) is 0 Å². The first-order chi connectivity index (χ1) is 8.20. The summed E-state index contributed by atoms with van der Waals surface area (Å²) in [6, 6.07) is 0. The molecule has 1 amide bonds. The molecule has 1 saturated heterocycles. The topological polar surface area (TPSA) is 74.5 Å². The zero-order valence-corrected chi connectivity index (χ0v) is 9.91. The fraction of sp³-hybridized carbons (Fsp3) is 0.700. The number of amides is 1. The van der Waals surface area contributed by atoms with Crippen molar-refractivity contribution in [1.82, 2.24) is 24.8 Å². The molecule has 7 heteroatoms. The summed E-state index contributed by atoms with van der Waals surface area (Å²) in [5.41, 5.74) is 0.392. The van der Waals surface area contributed by atoms with Gasteiger partial charge in [-0.05, 0) is 0 Å². The Morgan fingerprint density at radius 2 is 2.12 bits per heavy atom. The van der Waals surface area contributed by atoms with E-state index in [-0.39, 0.29) is 12.5 Å². The van der Waals surface area contributed by atoms with Gasteiger partial charge >= 0.3 is 0 Å². The van der Waals surface area contributed by atoms with E-state index in [9.17, 15) is 4.79 Å². The highest BCUT2D eigenvalue weighted by Gasteiger charge is 2.23. The van der Waals surface area contributed by atoms with Crippen molar-refractivity contribution < 1.29 is 9.90 Å². The van der Waals surface area contributed by atoms with Crippen LogP contribution in [0.25, 0.3) is 0 Å². The fourth-order valence-corrected chi connectivity index (χ4v) is 1.92. The van der Waals surface area contributed by atoms with Gasteiger partial charge < -0.3 is 10.0 Å². The third-order valence-corrected chi connectivity index (χ3v) is 2.90. The second kappa shape index (κ2) is 5.24. The summed E-state index contributed by atoms with van der Waals surface area (Å²) < 4.78 is 1.52. The van der Waals surface area contributed by atoms with Crippen molar-refractivity contribution in [3.05, 3.63) is 11.9 Å². The molecule has 2 rings (SSSR count). The van der Waals surface area contributed by atoms with Crippen LogP contribution in [0.2, 0.25) is 0 Å². The van der Waals surface area contributed by atoms with Crippen molar-refractivity contribution in [3.8, 4) is 0 Å². The molecule has 94 valence electrons. The van der Waals surface area contributed by atoms with Gasteiger partial charge in [-0.15, -0.1) is 5.10 Å². The number of aliphatic hydroxyl groups is 1. The Morgan fingerprint density at radius 1 is 1.41 bits per heavy atom. The van der Waals surface area contributed by atoms with E-state index in [1.165, 1.54) is 4.68 Å². The Hall–Kier alpha value is -1.47. The minimum atomic E-state index is -0.0678. The first-order valence-corrected chi connectivity index (χ1v) is 5.69. The van der Waals surface area contributed by atoms with Gasteiger partial charge in [-0.2, -0.15) is 0 Å². The minimum Gasteiger partial charge on any atom is -0.395 e. The first kappa shape index (κ1) is 12.0. The van der Waals surface area contributed by atoms with Crippen LogP contribution < -0.4 is 0 Å². The van der Waals surface area contributed by atoms with E-state index in [1.807, 2.05) is 0 Å². The molecule has 0 aliphatic carbocycles. The Morgan fingerprint density at radius 3 is 2.65 bits per heavy atom. The van der Waals surface area contributed by atoms with E-state index < -0.39 is 0 Å². The number of aromatic nitrogens is 3. The molecule has 7 nitrogen and oxygen atoms in total. The fourth-order valence-electron chi connectivity index (χ4n) is 1.92. The maximum absolute atomic E-state index is 12.0. The second-order valence-corrected chi connectivity index (χ2v) is 4.13. The molecule has 2 heterocycles. The standard InChI is InChI=1S/C10H17N5O2/c1-13-8-9(11-12-13)10(17)15-4-2-14(3-5-15)6-7-16/h8,16H,2-7H2,1H3. The molecule has 0 aromatic carbocycles. The van der Waals surface area contributed by atoms with Gasteiger partial charge in [0, 0.05) is 39.8 Å². The molecule has 1 aromatic heterocycles. The number of hydrogen-bond donors (Lipinski definition) is 1. The molecule has 0 saturated carbocycles. The van der Waals surface area contributed by atoms with Gasteiger partial charge in [0.15, 0.2) is 5.69 Å². The van der Waals surface area contributed by atoms with Crippen LogP contribution in [0.5, 0.6) is 0 Å². The van der Waals surface area contributed by atoms with Gasteiger partial charge in [0.1, 0.15) is 0 Å². The Bertz CT molecular complexity index is 384. The number of β-amino-alcohol motifs (C(OH)–C–C–N with tert-alkyl or cyclic N) is 1. The molecule has 1 fully saturated rings. The van der Waals surface area contributed by atoms with E-state index in [0.717, 1.165) is 13.1 Å². The van der Waals surface area contributed by atoms with Gasteiger partial charge in [0.05, 0.1) is 12.8 Å². The summed E-state index contributed by atoms with van der Waals surface area (Å²) in [7, 11) is 1.74. The van der Waals surface area contributed by atoms with E-state index in [4.69, 9.17) is 5.11 Å². The van der Waals surface area contributed by atoms with Gasteiger partial charge in [-0.3, -0.25) is 14.4 Å². The number of aliphatic hydroxyl groups excluding tert-OH is 1. The van der Waals surface area contributed by atoms with Crippen LogP contribution in [0.15, 0.2) is 6.20 Å². The number of piperazine rings is 1. The average Bonchev–Trinajstić information content (AvgIpc) is 2.76. The van der Waals surface area contributed by atoms with Gasteiger partial charge in [-0.1, -0.05) is 5.21 Å². The van der Waals surface area contributed by atoms with Crippen LogP contribution in [-0.4, -0.2) is 75.1 Å². The van der Waals surface area contributed by atoms with Crippen molar-refractivity contribution >= 4 is 5.91 Å². The number of hydrogen-bond acceptors (Lipinski definition) is 5. The molecule has 1 N–H and O–H groups in total. The van der Waals surface area contributed by atoms with Crippen LogP contribution in [0.3, 0.4) is 0 Å². The molecule has 17 heavy (non-hydrogen) atoms. The maximum atomic E-state index is 12.0. The van der Waals surface area contributed by atoms with Crippen LogP contribution in [0.1, 0.15) is 10.5 Å². The zero-order chi connectivity index (χ0) is 12.3. The third-order valence-electron chi connectivity index (χ3n) is 2.90. The number of carbonyl (C=O) groups is 1. The number of aryl methyl sites for hydroxylation is 1. The van der Waals surface area contributed by atoms with Gasteiger partial charge in [-0.25, -0.2) is 0 Å². The Balaban J connectivity index is 1.90. The quantitative estimate of drug-likeness (QED) is 0.699. The van der Waals surface area contributed by atoms with Gasteiger partial charge in [0.25, 0.3) is 5.91 Å². The predicted molar refractivity (Wildman–Crippen MR) is 60.4 cm³/mol. The largest absolute Gasteiger partial charge is 0.395 e. The highest BCUT2D eigenvalue weighted by molar-refractivity contribution is 5.92. The van der Waals surface area contributed by atoms with E-state index >= 15 is 0 Å². The minimum absolute atomic E-state index is 0.0678. The zero-order valence-electron chi connectivity index (χ0n) is 9.91. The maximum Gasteiger partial charge on any atom is 0.276 e. The lowest BCUT2D eigenvalue weighted by Crippen LogP contribution is -2.49. The van der Waals surface area contributed by atoms with Gasteiger partial charge in [0.2, 0.25) is 0 Å². The van der Waals surface area contributed by atoms with Crippen molar-refractivity contribution in [2.45, 2.75) is 0 Å². The molecule has 1 aliphatic rings. The highest BCUT2D eigenvalue weighted by Crippen LogP contribution is 2.06. The number of rotatable bonds is 3. The summed E-state index contributed by atoms with van der Waals surface area (Å²) >= 11 is 0. The smallest absolute Gasteiger partial charge is 0.276 e. The van der Waals surface area contributed by atoms with Crippen molar-refractivity contribution in [3.63, 3.8) is 0 Å².